The minimum absolute atomic E-state index is 0.655. The summed E-state index contributed by atoms with van der Waals surface area (Å²) in [5, 5.41) is 0.701. The number of thiazole rings is 1. The summed E-state index contributed by atoms with van der Waals surface area (Å²) in [4.78, 5) is 4.28. The van der Waals surface area contributed by atoms with Crippen LogP contribution >= 0.6 is 11.3 Å². The fraction of sp³-hybridized carbons (Fsp3) is 0.222. The summed E-state index contributed by atoms with van der Waals surface area (Å²) >= 11 is 1.49. The zero-order chi connectivity index (χ0) is 9.97. The van der Waals surface area contributed by atoms with Crippen molar-refractivity contribution >= 4 is 26.7 Å². The van der Waals surface area contributed by atoms with E-state index in [4.69, 9.17) is 10.6 Å². The predicted octanol–water partition coefficient (Wildman–Crippen LogP) is 1.98. The molecular formula is C9H11N3OS. The Morgan fingerprint density at radius 2 is 2.43 bits per heavy atom. The Labute approximate surface area is 85.7 Å². The third-order valence-electron chi connectivity index (χ3n) is 1.80. The zero-order valence-electron chi connectivity index (χ0n) is 7.78. The average molecular weight is 209 g/mol. The Bertz CT molecular complexity index is 441. The van der Waals surface area contributed by atoms with Gasteiger partial charge in [0.1, 0.15) is 5.75 Å². The number of aromatic nitrogens is 1. The van der Waals surface area contributed by atoms with Crippen molar-refractivity contribution in [3.05, 3.63) is 18.2 Å². The van der Waals surface area contributed by atoms with Gasteiger partial charge in [-0.25, -0.2) is 10.8 Å². The minimum atomic E-state index is 0.655. The monoisotopic (exact) mass is 209 g/mol. The van der Waals surface area contributed by atoms with Crippen molar-refractivity contribution in [2.75, 3.05) is 12.0 Å². The van der Waals surface area contributed by atoms with E-state index in [1.54, 1.807) is 0 Å². The highest BCUT2D eigenvalue weighted by molar-refractivity contribution is 7.22. The number of benzene rings is 1. The van der Waals surface area contributed by atoms with Gasteiger partial charge in [0.15, 0.2) is 5.13 Å². The highest BCUT2D eigenvalue weighted by Gasteiger charge is 2.07. The molecule has 1 heterocycles. The molecule has 2 rings (SSSR count). The number of nitrogens with two attached hydrogens (primary N) is 1. The standard InChI is InChI=1S/C9H11N3OS/c1-2-13-7-5-3-4-6-8(7)14-9(11-6)12-10/h3-5H,2,10H2,1H3,(H,11,12). The molecule has 0 bridgehead atoms. The van der Waals surface area contributed by atoms with Crippen LogP contribution in [-0.4, -0.2) is 11.6 Å². The van der Waals surface area contributed by atoms with Crippen LogP contribution in [-0.2, 0) is 0 Å². The number of hydrazine groups is 1. The van der Waals surface area contributed by atoms with Crippen LogP contribution in [0.4, 0.5) is 5.13 Å². The number of ether oxygens (including phenoxy) is 1. The van der Waals surface area contributed by atoms with Crippen LogP contribution in [0.15, 0.2) is 18.2 Å². The molecule has 0 radical (unpaired) electrons. The lowest BCUT2D eigenvalue weighted by Crippen LogP contribution is -2.05. The van der Waals surface area contributed by atoms with Crippen molar-refractivity contribution in [2.45, 2.75) is 6.92 Å². The van der Waals surface area contributed by atoms with Crippen LogP contribution in [0.3, 0.4) is 0 Å². The summed E-state index contributed by atoms with van der Waals surface area (Å²) in [5.41, 5.74) is 3.45. The third kappa shape index (κ3) is 1.51. The first-order chi connectivity index (χ1) is 6.85. The minimum Gasteiger partial charge on any atom is -0.492 e. The molecule has 0 unspecified atom stereocenters. The zero-order valence-corrected chi connectivity index (χ0v) is 8.60. The van der Waals surface area contributed by atoms with E-state index in [9.17, 15) is 0 Å². The molecule has 0 fully saturated rings. The molecule has 2 aromatic rings. The van der Waals surface area contributed by atoms with Gasteiger partial charge in [-0.15, -0.1) is 0 Å². The molecule has 1 aromatic carbocycles. The van der Waals surface area contributed by atoms with Gasteiger partial charge in [0, 0.05) is 0 Å². The summed E-state index contributed by atoms with van der Waals surface area (Å²) in [7, 11) is 0. The first-order valence-electron chi connectivity index (χ1n) is 4.34. The molecular weight excluding hydrogens is 198 g/mol. The molecule has 5 heteroatoms. The van der Waals surface area contributed by atoms with Crippen LogP contribution in [0.1, 0.15) is 6.92 Å². The number of anilines is 1. The van der Waals surface area contributed by atoms with Gasteiger partial charge >= 0.3 is 0 Å². The topological polar surface area (TPSA) is 60.2 Å². The maximum atomic E-state index is 5.48. The van der Waals surface area contributed by atoms with Crippen LogP contribution in [0.2, 0.25) is 0 Å². The summed E-state index contributed by atoms with van der Waals surface area (Å²) in [6.45, 7) is 2.62. The van der Waals surface area contributed by atoms with Gasteiger partial charge in [0.05, 0.1) is 16.8 Å². The summed E-state index contributed by atoms with van der Waals surface area (Å²) in [6, 6.07) is 5.80. The van der Waals surface area contributed by atoms with E-state index >= 15 is 0 Å². The quantitative estimate of drug-likeness (QED) is 0.599. The van der Waals surface area contributed by atoms with Crippen LogP contribution < -0.4 is 16.0 Å². The molecule has 74 valence electrons. The Balaban J connectivity index is 2.55. The number of rotatable bonds is 3. The van der Waals surface area contributed by atoms with E-state index in [-0.39, 0.29) is 0 Å². The summed E-state index contributed by atoms with van der Waals surface area (Å²) in [6.07, 6.45) is 0. The molecule has 0 saturated heterocycles. The summed E-state index contributed by atoms with van der Waals surface area (Å²) < 4.78 is 6.51. The number of nitrogens with one attached hydrogen (secondary N) is 1. The highest BCUT2D eigenvalue weighted by atomic mass is 32.1. The number of nitrogen functional groups attached to an aromatic ring is 1. The summed E-state index contributed by atoms with van der Waals surface area (Å²) in [5.74, 6) is 6.16. The Hall–Kier alpha value is -1.33. The lowest BCUT2D eigenvalue weighted by molar-refractivity contribution is 0.345. The fourth-order valence-electron chi connectivity index (χ4n) is 1.25. The number of hydrogen-bond donors (Lipinski definition) is 2. The largest absolute Gasteiger partial charge is 0.492 e. The van der Waals surface area contributed by atoms with Crippen LogP contribution in [0.25, 0.3) is 10.2 Å². The number of hydrogen-bond acceptors (Lipinski definition) is 5. The van der Waals surface area contributed by atoms with Crippen molar-refractivity contribution in [2.24, 2.45) is 5.84 Å². The van der Waals surface area contributed by atoms with E-state index in [0.29, 0.717) is 11.7 Å². The molecule has 4 nitrogen and oxygen atoms in total. The molecule has 0 atom stereocenters. The maximum absolute atomic E-state index is 5.48. The van der Waals surface area contributed by atoms with Crippen molar-refractivity contribution in [3.63, 3.8) is 0 Å². The van der Waals surface area contributed by atoms with Crippen molar-refractivity contribution < 1.29 is 4.74 Å². The Morgan fingerprint density at radius 1 is 1.57 bits per heavy atom. The number of fused-ring (bicyclic) bond motifs is 1. The second kappa shape index (κ2) is 3.81. The van der Waals surface area contributed by atoms with Gasteiger partial charge < -0.3 is 4.74 Å². The van der Waals surface area contributed by atoms with Crippen LogP contribution in [0, 0.1) is 0 Å². The number of nitrogens with zero attached hydrogens (tertiary/aromatic N) is 1. The van der Waals surface area contributed by atoms with Gasteiger partial charge in [-0.2, -0.15) is 0 Å². The maximum Gasteiger partial charge on any atom is 0.198 e. The first kappa shape index (κ1) is 9.23. The van der Waals surface area contributed by atoms with E-state index in [2.05, 4.69) is 10.4 Å². The first-order valence-corrected chi connectivity index (χ1v) is 5.15. The van der Waals surface area contributed by atoms with Gasteiger partial charge in [-0.3, -0.25) is 5.43 Å². The molecule has 0 amide bonds. The van der Waals surface area contributed by atoms with E-state index in [1.807, 2.05) is 25.1 Å². The third-order valence-corrected chi connectivity index (χ3v) is 2.82. The average Bonchev–Trinajstić information content (AvgIpc) is 2.62. The molecule has 0 spiro atoms. The Kier molecular flexibility index (Phi) is 2.51. The van der Waals surface area contributed by atoms with Gasteiger partial charge in [0.25, 0.3) is 0 Å². The second-order valence-electron chi connectivity index (χ2n) is 2.70. The van der Waals surface area contributed by atoms with Gasteiger partial charge in [0.2, 0.25) is 0 Å². The van der Waals surface area contributed by atoms with E-state index in [0.717, 1.165) is 16.0 Å². The lowest BCUT2D eigenvalue weighted by atomic mass is 10.3. The van der Waals surface area contributed by atoms with Crippen molar-refractivity contribution in [3.8, 4) is 5.75 Å². The molecule has 0 saturated carbocycles. The van der Waals surface area contributed by atoms with Gasteiger partial charge in [-0.1, -0.05) is 17.4 Å². The molecule has 3 N–H and O–H groups in total. The Morgan fingerprint density at radius 3 is 3.14 bits per heavy atom. The molecule has 0 aliphatic carbocycles. The predicted molar refractivity (Wildman–Crippen MR) is 58.6 cm³/mol. The van der Waals surface area contributed by atoms with Crippen molar-refractivity contribution in [1.29, 1.82) is 0 Å². The van der Waals surface area contributed by atoms with Gasteiger partial charge in [-0.05, 0) is 19.1 Å². The smallest absolute Gasteiger partial charge is 0.198 e. The molecule has 0 aliphatic heterocycles. The SMILES string of the molecule is CCOc1cccc2nc(NN)sc12. The molecule has 1 aromatic heterocycles. The van der Waals surface area contributed by atoms with Crippen molar-refractivity contribution in [1.82, 2.24) is 4.98 Å². The molecule has 0 aliphatic rings. The molecule has 14 heavy (non-hydrogen) atoms. The van der Waals surface area contributed by atoms with Crippen LogP contribution in [0.5, 0.6) is 5.75 Å². The lowest BCUT2D eigenvalue weighted by Gasteiger charge is -2.01. The fourth-order valence-corrected chi connectivity index (χ4v) is 2.10. The highest BCUT2D eigenvalue weighted by Crippen LogP contribution is 2.33. The van der Waals surface area contributed by atoms with E-state index < -0.39 is 0 Å². The normalized spacial score (nSPS) is 10.4. The van der Waals surface area contributed by atoms with E-state index in [1.165, 1.54) is 11.3 Å². The second-order valence-corrected chi connectivity index (χ2v) is 3.70.